The van der Waals surface area contributed by atoms with Crippen LogP contribution in [0.5, 0.6) is 0 Å². The summed E-state index contributed by atoms with van der Waals surface area (Å²) in [5.41, 5.74) is 2.02. The maximum atomic E-state index is 13.8. The Bertz CT molecular complexity index is 755. The highest BCUT2D eigenvalue weighted by molar-refractivity contribution is 5.82. The van der Waals surface area contributed by atoms with Crippen molar-refractivity contribution in [2.24, 2.45) is 0 Å². The van der Waals surface area contributed by atoms with E-state index in [0.29, 0.717) is 5.69 Å². The van der Waals surface area contributed by atoms with Crippen LogP contribution in [0.25, 0.3) is 10.9 Å². The molecule has 4 heteroatoms. The second-order valence-electron chi connectivity index (χ2n) is 4.78. The van der Waals surface area contributed by atoms with Crippen molar-refractivity contribution < 1.29 is 9.50 Å². The minimum atomic E-state index is -0.416. The van der Waals surface area contributed by atoms with Gasteiger partial charge in [0.15, 0.2) is 0 Å². The van der Waals surface area contributed by atoms with E-state index in [-0.39, 0.29) is 12.4 Å². The zero-order valence-corrected chi connectivity index (χ0v) is 11.3. The zero-order chi connectivity index (χ0) is 14.7. The Morgan fingerprint density at radius 1 is 1.05 bits per heavy atom. The average Bonchev–Trinajstić information content (AvgIpc) is 2.54. The zero-order valence-electron chi connectivity index (χ0n) is 11.3. The molecule has 3 rings (SSSR count). The van der Waals surface area contributed by atoms with Crippen LogP contribution in [0.2, 0.25) is 0 Å². The third-order valence-corrected chi connectivity index (χ3v) is 3.43. The predicted molar refractivity (Wildman–Crippen MR) is 81.6 cm³/mol. The Kier molecular flexibility index (Phi) is 3.79. The molecule has 0 amide bonds. The summed E-state index contributed by atoms with van der Waals surface area (Å²) < 4.78 is 13.8. The number of halogens is 1. The molecule has 0 aliphatic heterocycles. The summed E-state index contributed by atoms with van der Waals surface area (Å²) in [5.74, 6) is -0.343. The fraction of sp³-hybridized carbons (Fsp3) is 0.118. The number of aromatic nitrogens is 1. The SMILES string of the molecule is OCC(Nc1ccccc1F)c1cccc2cccnc12. The summed E-state index contributed by atoms with van der Waals surface area (Å²) >= 11 is 0. The summed E-state index contributed by atoms with van der Waals surface area (Å²) in [7, 11) is 0. The number of aliphatic hydroxyl groups excluding tert-OH is 1. The molecule has 21 heavy (non-hydrogen) atoms. The van der Waals surface area contributed by atoms with E-state index in [1.165, 1.54) is 6.07 Å². The van der Waals surface area contributed by atoms with E-state index in [0.717, 1.165) is 16.5 Å². The molecule has 3 aromatic rings. The molecule has 0 aliphatic rings. The highest BCUT2D eigenvalue weighted by Gasteiger charge is 2.15. The maximum Gasteiger partial charge on any atom is 0.146 e. The van der Waals surface area contributed by atoms with Crippen LogP contribution < -0.4 is 5.32 Å². The number of nitrogens with one attached hydrogen (secondary N) is 1. The van der Waals surface area contributed by atoms with Gasteiger partial charge in [0.1, 0.15) is 5.82 Å². The lowest BCUT2D eigenvalue weighted by molar-refractivity contribution is 0.276. The smallest absolute Gasteiger partial charge is 0.146 e. The molecule has 2 aromatic carbocycles. The van der Waals surface area contributed by atoms with E-state index < -0.39 is 6.04 Å². The number of hydrogen-bond acceptors (Lipinski definition) is 3. The number of para-hydroxylation sites is 2. The van der Waals surface area contributed by atoms with E-state index in [2.05, 4.69) is 10.3 Å². The molecule has 0 bridgehead atoms. The van der Waals surface area contributed by atoms with Gasteiger partial charge in [-0.2, -0.15) is 0 Å². The van der Waals surface area contributed by atoms with Gasteiger partial charge in [0.25, 0.3) is 0 Å². The molecular weight excluding hydrogens is 267 g/mol. The second-order valence-corrected chi connectivity index (χ2v) is 4.78. The molecular formula is C17H15FN2O. The average molecular weight is 282 g/mol. The van der Waals surface area contributed by atoms with Gasteiger partial charge in [-0.1, -0.05) is 36.4 Å². The van der Waals surface area contributed by atoms with Gasteiger partial charge in [-0.3, -0.25) is 4.98 Å². The van der Waals surface area contributed by atoms with Gasteiger partial charge in [0.2, 0.25) is 0 Å². The third kappa shape index (κ3) is 2.71. The number of benzene rings is 2. The van der Waals surface area contributed by atoms with Crippen molar-refractivity contribution in [1.82, 2.24) is 4.98 Å². The quantitative estimate of drug-likeness (QED) is 0.769. The van der Waals surface area contributed by atoms with Crippen LogP contribution in [0, 0.1) is 5.82 Å². The predicted octanol–water partition coefficient (Wildman–Crippen LogP) is 3.52. The van der Waals surface area contributed by atoms with Gasteiger partial charge in [-0.15, -0.1) is 0 Å². The van der Waals surface area contributed by atoms with Crippen molar-refractivity contribution in [2.45, 2.75) is 6.04 Å². The summed E-state index contributed by atoms with van der Waals surface area (Å²) in [5, 5.41) is 13.7. The number of aliphatic hydroxyl groups is 1. The van der Waals surface area contributed by atoms with Crippen molar-refractivity contribution in [1.29, 1.82) is 0 Å². The first-order valence-corrected chi connectivity index (χ1v) is 6.75. The van der Waals surface area contributed by atoms with E-state index in [1.54, 1.807) is 24.4 Å². The largest absolute Gasteiger partial charge is 0.394 e. The molecule has 0 saturated heterocycles. The van der Waals surface area contributed by atoms with Gasteiger partial charge in [-0.25, -0.2) is 4.39 Å². The molecule has 1 aromatic heterocycles. The molecule has 2 N–H and O–H groups in total. The second kappa shape index (κ2) is 5.89. The first kappa shape index (κ1) is 13.5. The summed E-state index contributed by atoms with van der Waals surface area (Å²) in [6.07, 6.45) is 1.71. The molecule has 0 aliphatic carbocycles. The van der Waals surface area contributed by atoms with Crippen LogP contribution in [0.4, 0.5) is 10.1 Å². The van der Waals surface area contributed by atoms with E-state index in [4.69, 9.17) is 0 Å². The molecule has 0 fully saturated rings. The fourth-order valence-electron chi connectivity index (χ4n) is 2.40. The van der Waals surface area contributed by atoms with Gasteiger partial charge < -0.3 is 10.4 Å². The maximum absolute atomic E-state index is 13.8. The molecule has 0 saturated carbocycles. The minimum absolute atomic E-state index is 0.149. The number of nitrogens with zero attached hydrogens (tertiary/aromatic N) is 1. The first-order chi connectivity index (χ1) is 10.3. The fourth-order valence-corrected chi connectivity index (χ4v) is 2.40. The lowest BCUT2D eigenvalue weighted by Gasteiger charge is -2.19. The normalized spacial score (nSPS) is 12.3. The van der Waals surface area contributed by atoms with Crippen LogP contribution in [0.15, 0.2) is 60.8 Å². The van der Waals surface area contributed by atoms with E-state index in [1.807, 2.05) is 30.3 Å². The van der Waals surface area contributed by atoms with Gasteiger partial charge in [0.05, 0.1) is 23.9 Å². The highest BCUT2D eigenvalue weighted by Crippen LogP contribution is 2.26. The Labute approximate surface area is 122 Å². The van der Waals surface area contributed by atoms with Crippen LogP contribution in [0.3, 0.4) is 0 Å². The Morgan fingerprint density at radius 3 is 2.67 bits per heavy atom. The summed E-state index contributed by atoms with van der Waals surface area (Å²) in [6.45, 7) is -0.149. The Hall–Kier alpha value is -2.46. The van der Waals surface area contributed by atoms with Crippen LogP contribution in [0.1, 0.15) is 11.6 Å². The van der Waals surface area contributed by atoms with Crippen LogP contribution in [-0.4, -0.2) is 16.7 Å². The summed E-state index contributed by atoms with van der Waals surface area (Å²) in [4.78, 5) is 4.37. The molecule has 0 radical (unpaired) electrons. The number of hydrogen-bond donors (Lipinski definition) is 2. The van der Waals surface area contributed by atoms with Crippen molar-refractivity contribution in [3.8, 4) is 0 Å². The van der Waals surface area contributed by atoms with Crippen LogP contribution >= 0.6 is 0 Å². The van der Waals surface area contributed by atoms with Crippen molar-refractivity contribution in [3.05, 3.63) is 72.2 Å². The number of pyridine rings is 1. The van der Waals surface area contributed by atoms with Gasteiger partial charge in [-0.05, 0) is 18.2 Å². The lowest BCUT2D eigenvalue weighted by Crippen LogP contribution is -2.16. The van der Waals surface area contributed by atoms with Crippen molar-refractivity contribution >= 4 is 16.6 Å². The topological polar surface area (TPSA) is 45.1 Å². The molecule has 0 spiro atoms. The molecule has 1 atom stereocenters. The molecule has 1 unspecified atom stereocenters. The molecule has 3 nitrogen and oxygen atoms in total. The van der Waals surface area contributed by atoms with Crippen LogP contribution in [-0.2, 0) is 0 Å². The number of anilines is 1. The Balaban J connectivity index is 2.01. The molecule has 1 heterocycles. The minimum Gasteiger partial charge on any atom is -0.394 e. The standard InChI is InChI=1S/C17H15FN2O/c18-14-8-1-2-9-15(14)20-16(11-21)13-7-3-5-12-6-4-10-19-17(12)13/h1-10,16,20-21H,11H2. The molecule has 106 valence electrons. The Morgan fingerprint density at radius 2 is 1.86 bits per heavy atom. The van der Waals surface area contributed by atoms with E-state index in [9.17, 15) is 9.50 Å². The number of rotatable bonds is 4. The first-order valence-electron chi connectivity index (χ1n) is 6.75. The third-order valence-electron chi connectivity index (χ3n) is 3.43. The monoisotopic (exact) mass is 282 g/mol. The van der Waals surface area contributed by atoms with Gasteiger partial charge >= 0.3 is 0 Å². The lowest BCUT2D eigenvalue weighted by atomic mass is 10.0. The highest BCUT2D eigenvalue weighted by atomic mass is 19.1. The number of fused-ring (bicyclic) bond motifs is 1. The summed E-state index contributed by atoms with van der Waals surface area (Å²) in [6, 6.07) is 15.6. The van der Waals surface area contributed by atoms with Gasteiger partial charge in [0, 0.05) is 17.1 Å². The van der Waals surface area contributed by atoms with Crippen molar-refractivity contribution in [3.63, 3.8) is 0 Å². The van der Waals surface area contributed by atoms with E-state index >= 15 is 0 Å². The van der Waals surface area contributed by atoms with Crippen molar-refractivity contribution in [2.75, 3.05) is 11.9 Å².